The average molecular weight is 445 g/mol. The fourth-order valence-corrected chi connectivity index (χ4v) is 4.14. The number of H-pyrrole nitrogens is 1. The lowest BCUT2D eigenvalue weighted by Crippen LogP contribution is -2.25. The molecule has 1 aliphatic heterocycles. The molecule has 0 aliphatic carbocycles. The number of aromatic amines is 1. The summed E-state index contributed by atoms with van der Waals surface area (Å²) < 4.78 is 12.7. The van der Waals surface area contributed by atoms with Gasteiger partial charge in [-0.1, -0.05) is 30.3 Å². The highest BCUT2D eigenvalue weighted by Gasteiger charge is 2.24. The van der Waals surface area contributed by atoms with E-state index < -0.39 is 5.97 Å². The van der Waals surface area contributed by atoms with Crippen LogP contribution in [0.4, 0.5) is 0 Å². The van der Waals surface area contributed by atoms with Crippen molar-refractivity contribution in [2.75, 3.05) is 6.61 Å². The number of hydrogen-bond acceptors (Lipinski definition) is 5. The van der Waals surface area contributed by atoms with Crippen LogP contribution < -0.4 is 10.3 Å². The van der Waals surface area contributed by atoms with E-state index in [-0.39, 0.29) is 22.9 Å². The molecule has 0 spiro atoms. The minimum Gasteiger partial charge on any atom is -0.489 e. The molecule has 0 bridgehead atoms. The minimum absolute atomic E-state index is 0.0507. The molecule has 3 heterocycles. The standard InChI is InChI=1S/C25H23N3O5/c29-24-20(13-19-7-4-12-32-19)22(27-23-21(25(30)31)14-26-28(23)24)17-8-10-18(11-9-17)33-15-16-5-2-1-3-6-16/h1-3,5-6,8-11,14,19,27H,4,7,12-13,15H2,(H,30,31). The van der Waals surface area contributed by atoms with Crippen LogP contribution in [0, 0.1) is 0 Å². The van der Waals surface area contributed by atoms with Gasteiger partial charge in [0.2, 0.25) is 0 Å². The van der Waals surface area contributed by atoms with Gasteiger partial charge in [-0.15, -0.1) is 0 Å². The van der Waals surface area contributed by atoms with E-state index in [9.17, 15) is 14.7 Å². The number of nitrogens with one attached hydrogen (secondary N) is 1. The largest absolute Gasteiger partial charge is 0.489 e. The van der Waals surface area contributed by atoms with Crippen LogP contribution >= 0.6 is 0 Å². The number of ether oxygens (including phenoxy) is 2. The molecule has 0 amide bonds. The lowest BCUT2D eigenvalue weighted by molar-refractivity contribution is 0.0698. The van der Waals surface area contributed by atoms with Crippen molar-refractivity contribution in [3.63, 3.8) is 0 Å². The molecule has 4 aromatic rings. The number of carboxylic acid groups (broad SMARTS) is 1. The van der Waals surface area contributed by atoms with Crippen molar-refractivity contribution in [1.82, 2.24) is 14.6 Å². The number of benzene rings is 2. The van der Waals surface area contributed by atoms with Crippen LogP contribution in [-0.4, -0.2) is 38.4 Å². The normalized spacial score (nSPS) is 15.7. The van der Waals surface area contributed by atoms with Crippen LogP contribution in [0.2, 0.25) is 0 Å². The van der Waals surface area contributed by atoms with Gasteiger partial charge < -0.3 is 19.6 Å². The maximum Gasteiger partial charge on any atom is 0.341 e. The van der Waals surface area contributed by atoms with E-state index in [1.54, 1.807) is 0 Å². The summed E-state index contributed by atoms with van der Waals surface area (Å²) in [5, 5.41) is 13.5. The van der Waals surface area contributed by atoms with Gasteiger partial charge in [0.15, 0.2) is 5.65 Å². The molecule has 0 radical (unpaired) electrons. The molecule has 1 unspecified atom stereocenters. The van der Waals surface area contributed by atoms with Gasteiger partial charge in [0.25, 0.3) is 5.56 Å². The summed E-state index contributed by atoms with van der Waals surface area (Å²) in [5.41, 5.74) is 2.67. The molecule has 1 atom stereocenters. The number of aromatic nitrogens is 3. The second kappa shape index (κ2) is 8.91. The number of hydrogen-bond donors (Lipinski definition) is 2. The summed E-state index contributed by atoms with van der Waals surface area (Å²) in [5.74, 6) is -0.453. The van der Waals surface area contributed by atoms with Gasteiger partial charge in [-0.2, -0.15) is 9.61 Å². The molecule has 2 aromatic heterocycles. The van der Waals surface area contributed by atoms with E-state index >= 15 is 0 Å². The Morgan fingerprint density at radius 2 is 1.97 bits per heavy atom. The van der Waals surface area contributed by atoms with Crippen LogP contribution in [0.5, 0.6) is 5.75 Å². The van der Waals surface area contributed by atoms with Gasteiger partial charge in [0.1, 0.15) is 17.9 Å². The SMILES string of the molecule is O=C(O)c1cnn2c(=O)c(CC3CCCO3)c(-c3ccc(OCc4ccccc4)cc3)[nH]c12. The van der Waals surface area contributed by atoms with Crippen molar-refractivity contribution in [2.24, 2.45) is 0 Å². The fourth-order valence-electron chi connectivity index (χ4n) is 4.14. The monoisotopic (exact) mass is 445 g/mol. The second-order valence-electron chi connectivity index (χ2n) is 8.05. The molecular formula is C25H23N3O5. The Bertz CT molecular complexity index is 1340. The highest BCUT2D eigenvalue weighted by Crippen LogP contribution is 2.27. The molecule has 1 fully saturated rings. The molecule has 2 N–H and O–H groups in total. The summed E-state index contributed by atoms with van der Waals surface area (Å²) in [7, 11) is 0. The predicted octanol–water partition coefficient (Wildman–Crippen LogP) is 3.69. The third kappa shape index (κ3) is 4.25. The van der Waals surface area contributed by atoms with Crippen LogP contribution in [0.1, 0.15) is 34.3 Å². The Balaban J connectivity index is 1.51. The summed E-state index contributed by atoms with van der Waals surface area (Å²) in [4.78, 5) is 28.1. The highest BCUT2D eigenvalue weighted by atomic mass is 16.5. The van der Waals surface area contributed by atoms with E-state index in [4.69, 9.17) is 9.47 Å². The van der Waals surface area contributed by atoms with Crippen molar-refractivity contribution in [1.29, 1.82) is 0 Å². The molecule has 5 rings (SSSR count). The topological polar surface area (TPSA) is 106 Å². The number of carbonyl (C=O) groups is 1. The highest BCUT2D eigenvalue weighted by molar-refractivity contribution is 5.94. The Labute approximate surface area is 189 Å². The smallest absolute Gasteiger partial charge is 0.341 e. The van der Waals surface area contributed by atoms with Crippen LogP contribution in [0.25, 0.3) is 16.9 Å². The molecule has 0 saturated carbocycles. The van der Waals surface area contributed by atoms with Crippen molar-refractivity contribution < 1.29 is 19.4 Å². The van der Waals surface area contributed by atoms with E-state index in [0.717, 1.165) is 28.5 Å². The molecule has 2 aromatic carbocycles. The average Bonchev–Trinajstić information content (AvgIpc) is 3.50. The first-order valence-corrected chi connectivity index (χ1v) is 10.8. The van der Waals surface area contributed by atoms with Gasteiger partial charge >= 0.3 is 5.97 Å². The summed E-state index contributed by atoms with van der Waals surface area (Å²) in [6, 6.07) is 17.3. The number of fused-ring (bicyclic) bond motifs is 1. The maximum absolute atomic E-state index is 13.3. The summed E-state index contributed by atoms with van der Waals surface area (Å²) in [6.07, 6.45) is 3.40. The van der Waals surface area contributed by atoms with Crippen molar-refractivity contribution >= 4 is 11.6 Å². The molecular weight excluding hydrogens is 422 g/mol. The van der Waals surface area contributed by atoms with E-state index in [1.807, 2.05) is 54.6 Å². The van der Waals surface area contributed by atoms with Gasteiger partial charge in [-0.05, 0) is 48.2 Å². The molecule has 8 heteroatoms. The first kappa shape index (κ1) is 21.0. The van der Waals surface area contributed by atoms with Crippen LogP contribution in [0.15, 0.2) is 65.6 Å². The lowest BCUT2D eigenvalue weighted by atomic mass is 10.0. The minimum atomic E-state index is -1.15. The fraction of sp³-hybridized carbons (Fsp3) is 0.240. The van der Waals surface area contributed by atoms with E-state index in [1.165, 1.54) is 6.20 Å². The zero-order chi connectivity index (χ0) is 22.8. The van der Waals surface area contributed by atoms with Crippen molar-refractivity contribution in [3.8, 4) is 17.0 Å². The molecule has 8 nitrogen and oxygen atoms in total. The Kier molecular flexibility index (Phi) is 5.66. The molecule has 168 valence electrons. The van der Waals surface area contributed by atoms with Crippen molar-refractivity contribution in [2.45, 2.75) is 32.0 Å². The summed E-state index contributed by atoms with van der Waals surface area (Å²) in [6.45, 7) is 1.13. The first-order chi connectivity index (χ1) is 16.1. The van der Waals surface area contributed by atoms with Gasteiger partial charge in [0, 0.05) is 18.6 Å². The number of aromatic carboxylic acids is 1. The Hall–Kier alpha value is -3.91. The number of nitrogens with zero attached hydrogens (tertiary/aromatic N) is 2. The second-order valence-corrected chi connectivity index (χ2v) is 8.05. The third-order valence-electron chi connectivity index (χ3n) is 5.84. The van der Waals surface area contributed by atoms with Gasteiger partial charge in [-0.3, -0.25) is 4.79 Å². The third-order valence-corrected chi connectivity index (χ3v) is 5.84. The quantitative estimate of drug-likeness (QED) is 0.449. The maximum atomic E-state index is 13.3. The summed E-state index contributed by atoms with van der Waals surface area (Å²) >= 11 is 0. The zero-order valence-corrected chi connectivity index (χ0v) is 17.9. The Morgan fingerprint density at radius 1 is 1.18 bits per heavy atom. The van der Waals surface area contributed by atoms with Crippen LogP contribution in [0.3, 0.4) is 0 Å². The van der Waals surface area contributed by atoms with Gasteiger partial charge in [-0.25, -0.2) is 4.79 Å². The van der Waals surface area contributed by atoms with Crippen LogP contribution in [-0.2, 0) is 17.8 Å². The number of rotatable bonds is 7. The first-order valence-electron chi connectivity index (χ1n) is 10.8. The molecule has 1 saturated heterocycles. The predicted molar refractivity (Wildman–Crippen MR) is 122 cm³/mol. The van der Waals surface area contributed by atoms with E-state index in [0.29, 0.717) is 36.6 Å². The zero-order valence-electron chi connectivity index (χ0n) is 17.9. The molecule has 1 aliphatic rings. The number of carboxylic acids is 1. The lowest BCUT2D eigenvalue weighted by Gasteiger charge is -2.15. The van der Waals surface area contributed by atoms with Gasteiger partial charge in [0.05, 0.1) is 18.0 Å². The van der Waals surface area contributed by atoms with E-state index in [2.05, 4.69) is 10.1 Å². The van der Waals surface area contributed by atoms with Crippen molar-refractivity contribution in [3.05, 3.63) is 87.8 Å². The molecule has 33 heavy (non-hydrogen) atoms. The Morgan fingerprint density at radius 3 is 2.67 bits per heavy atom.